The molecule has 3 nitrogen and oxygen atoms in total. The average molecular weight is 233 g/mol. The topological polar surface area (TPSA) is 46.5 Å². The minimum absolute atomic E-state index is 0. The molecule has 61 valence electrons. The van der Waals surface area contributed by atoms with E-state index in [2.05, 4.69) is 0 Å². The minimum atomic E-state index is -1.17. The molecule has 0 amide bonds. The smallest absolute Gasteiger partial charge is 0.215 e. The summed E-state index contributed by atoms with van der Waals surface area (Å²) in [5, 5.41) is 8.90. The number of ether oxygens (including phenoxy) is 1. The summed E-state index contributed by atoms with van der Waals surface area (Å²) in [6.45, 7) is 3.72. The van der Waals surface area contributed by atoms with Crippen LogP contribution in [-0.2, 0) is 42.2 Å². The average Bonchev–Trinajstić information content (AvgIpc) is 2.17. The van der Waals surface area contributed by atoms with Crippen LogP contribution in [0.5, 0.6) is 0 Å². The fourth-order valence-corrected chi connectivity index (χ4v) is 1.21. The van der Waals surface area contributed by atoms with Gasteiger partial charge in [-0.15, -0.1) is 0 Å². The van der Waals surface area contributed by atoms with Gasteiger partial charge < -0.3 is 9.84 Å². The maximum atomic E-state index is 10.9. The Hall–Kier alpha value is 0.694. The molecule has 11 heavy (non-hydrogen) atoms. The summed E-state index contributed by atoms with van der Waals surface area (Å²) in [5.41, 5.74) is 0. The van der Waals surface area contributed by atoms with Crippen molar-refractivity contribution in [2.75, 3.05) is 0 Å². The Morgan fingerprint density at radius 2 is 2.18 bits per heavy atom. The molecule has 1 aliphatic heterocycles. The molecule has 4 heteroatoms. The van der Waals surface area contributed by atoms with Crippen molar-refractivity contribution in [1.29, 1.82) is 0 Å². The first-order valence-corrected chi connectivity index (χ1v) is 3.54. The largest absolute Gasteiger partial charge is 0.362 e. The van der Waals surface area contributed by atoms with Crippen LogP contribution < -0.4 is 0 Å². The van der Waals surface area contributed by atoms with Gasteiger partial charge in [-0.2, -0.15) is 0 Å². The van der Waals surface area contributed by atoms with Crippen molar-refractivity contribution in [3.8, 4) is 0 Å². The molecule has 0 spiro atoms. The fourth-order valence-electron chi connectivity index (χ4n) is 1.21. The third-order valence-electron chi connectivity index (χ3n) is 1.96. The molecule has 0 aliphatic carbocycles. The second-order valence-electron chi connectivity index (χ2n) is 2.63. The Morgan fingerprint density at radius 3 is 2.36 bits per heavy atom. The molecule has 1 aliphatic rings. The Labute approximate surface area is 91.4 Å². The summed E-state index contributed by atoms with van der Waals surface area (Å²) in [4.78, 5) is 10.9. The molecule has 1 saturated heterocycles. The predicted molar refractivity (Wildman–Crippen MR) is 35.3 cm³/mol. The normalized spacial score (nSPS) is 37.0. The minimum Gasteiger partial charge on any atom is -0.362 e. The van der Waals surface area contributed by atoms with Crippen LogP contribution in [0.2, 0.25) is 0 Å². The van der Waals surface area contributed by atoms with E-state index in [0.29, 0.717) is 0 Å². The number of carbonyl (C=O) groups is 1. The molecule has 0 bridgehead atoms. The van der Waals surface area contributed by atoms with E-state index in [1.54, 1.807) is 6.92 Å². The maximum absolute atomic E-state index is 10.9. The third-order valence-corrected chi connectivity index (χ3v) is 1.96. The van der Waals surface area contributed by atoms with Gasteiger partial charge in [0.1, 0.15) is 0 Å². The first kappa shape index (κ1) is 11.7. The van der Waals surface area contributed by atoms with Crippen LogP contribution in [0, 0.1) is 5.92 Å². The van der Waals surface area contributed by atoms with E-state index in [4.69, 9.17) is 9.84 Å². The molecule has 0 aromatic carbocycles. The predicted octanol–water partition coefficient (Wildman–Crippen LogP) is 0.316. The Kier molecular flexibility index (Phi) is 4.95. The third kappa shape index (κ3) is 2.31. The standard InChI is InChI=1S/C7H12O3.Y/c1-3-5-4(2)6(8)7(9)10-5;/h4-5,7,9H,3H2,1-2H3;/t4-,5-,7?;/m1./s1. The first-order valence-electron chi connectivity index (χ1n) is 3.54. The van der Waals surface area contributed by atoms with E-state index in [1.165, 1.54) is 0 Å². The van der Waals surface area contributed by atoms with Crippen molar-refractivity contribution < 1.29 is 47.3 Å². The maximum Gasteiger partial charge on any atom is 0.215 e. The van der Waals surface area contributed by atoms with Crippen molar-refractivity contribution in [2.45, 2.75) is 32.7 Å². The molecular weight excluding hydrogens is 221 g/mol. The van der Waals surface area contributed by atoms with Gasteiger partial charge in [0.2, 0.25) is 6.29 Å². The van der Waals surface area contributed by atoms with Gasteiger partial charge in [0.05, 0.1) is 6.10 Å². The summed E-state index contributed by atoms with van der Waals surface area (Å²) < 4.78 is 4.94. The first-order chi connectivity index (χ1) is 4.66. The zero-order valence-electron chi connectivity index (χ0n) is 6.78. The van der Waals surface area contributed by atoms with E-state index in [1.807, 2.05) is 6.92 Å². The van der Waals surface area contributed by atoms with Crippen molar-refractivity contribution in [1.82, 2.24) is 0 Å². The molecule has 1 unspecified atom stereocenters. The molecule has 3 atom stereocenters. The number of aliphatic hydroxyl groups excluding tert-OH is 1. The number of rotatable bonds is 1. The Balaban J connectivity index is 0.000001000. The van der Waals surface area contributed by atoms with E-state index < -0.39 is 6.29 Å². The Morgan fingerprint density at radius 1 is 1.64 bits per heavy atom. The summed E-state index contributed by atoms with van der Waals surface area (Å²) in [5.74, 6) is -0.327. The number of hydrogen-bond acceptors (Lipinski definition) is 3. The number of carbonyl (C=O) groups excluding carboxylic acids is 1. The molecule has 0 saturated carbocycles. The molecule has 1 rings (SSSR count). The molecule has 0 aromatic heterocycles. The Bertz CT molecular complexity index is 149. The molecule has 1 N–H and O–H groups in total. The van der Waals surface area contributed by atoms with Crippen molar-refractivity contribution in [2.24, 2.45) is 5.92 Å². The van der Waals surface area contributed by atoms with Crippen LogP contribution >= 0.6 is 0 Å². The summed E-state index contributed by atoms with van der Waals surface area (Å²) in [7, 11) is 0. The zero-order valence-corrected chi connectivity index (χ0v) is 9.62. The van der Waals surface area contributed by atoms with Gasteiger partial charge in [-0.1, -0.05) is 13.8 Å². The molecule has 1 fully saturated rings. The van der Waals surface area contributed by atoms with E-state index in [-0.39, 0.29) is 50.5 Å². The van der Waals surface area contributed by atoms with Crippen LogP contribution in [0.4, 0.5) is 0 Å². The number of aliphatic hydroxyl groups is 1. The number of hydrogen-bond donors (Lipinski definition) is 1. The monoisotopic (exact) mass is 233 g/mol. The fraction of sp³-hybridized carbons (Fsp3) is 0.857. The van der Waals surface area contributed by atoms with Gasteiger partial charge >= 0.3 is 0 Å². The van der Waals surface area contributed by atoms with Gasteiger partial charge in [-0.25, -0.2) is 0 Å². The summed E-state index contributed by atoms with van der Waals surface area (Å²) >= 11 is 0. The molecule has 0 aromatic rings. The van der Waals surface area contributed by atoms with Crippen molar-refractivity contribution in [3.05, 3.63) is 0 Å². The SMILES string of the molecule is CC[C@H]1OC(O)C(=O)[C@@H]1C.[Y]. The molecular formula is C7H12O3Y. The second-order valence-corrected chi connectivity index (χ2v) is 2.63. The van der Waals surface area contributed by atoms with Gasteiger partial charge in [-0.3, -0.25) is 4.79 Å². The summed E-state index contributed by atoms with van der Waals surface area (Å²) in [6, 6.07) is 0. The van der Waals surface area contributed by atoms with Crippen LogP contribution in [0.25, 0.3) is 0 Å². The van der Waals surface area contributed by atoms with Gasteiger partial charge in [0, 0.05) is 38.6 Å². The van der Waals surface area contributed by atoms with E-state index in [0.717, 1.165) is 6.42 Å². The number of Topliss-reactive ketones (excluding diaryl/α,β-unsaturated/α-hetero) is 1. The second kappa shape index (κ2) is 4.65. The molecule has 1 radical (unpaired) electrons. The van der Waals surface area contributed by atoms with Crippen LogP contribution in [0.15, 0.2) is 0 Å². The van der Waals surface area contributed by atoms with Gasteiger partial charge in [0.15, 0.2) is 5.78 Å². The van der Waals surface area contributed by atoms with Crippen molar-refractivity contribution >= 4 is 5.78 Å². The number of ketones is 1. The van der Waals surface area contributed by atoms with Crippen LogP contribution in [-0.4, -0.2) is 23.3 Å². The van der Waals surface area contributed by atoms with Gasteiger partial charge in [0.25, 0.3) is 0 Å². The van der Waals surface area contributed by atoms with Crippen LogP contribution in [0.1, 0.15) is 20.3 Å². The zero-order chi connectivity index (χ0) is 7.72. The summed E-state index contributed by atoms with van der Waals surface area (Å²) in [6.07, 6.45) is -0.466. The van der Waals surface area contributed by atoms with Crippen molar-refractivity contribution in [3.63, 3.8) is 0 Å². The van der Waals surface area contributed by atoms with E-state index in [9.17, 15) is 4.79 Å². The van der Waals surface area contributed by atoms with E-state index >= 15 is 0 Å². The quantitative estimate of drug-likeness (QED) is 0.709. The van der Waals surface area contributed by atoms with Crippen LogP contribution in [0.3, 0.4) is 0 Å². The van der Waals surface area contributed by atoms with Gasteiger partial charge in [-0.05, 0) is 6.42 Å². The molecule has 1 heterocycles.